The van der Waals surface area contributed by atoms with Crippen LogP contribution in [0.15, 0.2) is 53.4 Å². The van der Waals surface area contributed by atoms with Gasteiger partial charge in [-0.3, -0.25) is 10.1 Å². The van der Waals surface area contributed by atoms with Crippen LogP contribution >= 0.6 is 0 Å². The Labute approximate surface area is 113 Å². The van der Waals surface area contributed by atoms with Gasteiger partial charge in [-0.15, -0.1) is 0 Å². The van der Waals surface area contributed by atoms with Gasteiger partial charge in [0.25, 0.3) is 0 Å². The first-order valence-corrected chi connectivity index (χ1v) is 6.74. The summed E-state index contributed by atoms with van der Waals surface area (Å²) < 4.78 is 41.8. The second-order valence-electron chi connectivity index (χ2n) is 3.72. The third kappa shape index (κ3) is 2.91. The highest BCUT2D eigenvalue weighted by molar-refractivity contribution is 7.87. The average Bonchev–Trinajstić information content (AvgIpc) is 2.39. The second kappa shape index (κ2) is 5.25. The van der Waals surface area contributed by atoms with Gasteiger partial charge in [-0.05, 0) is 24.3 Å². The van der Waals surface area contributed by atoms with Crippen molar-refractivity contribution >= 4 is 15.8 Å². The summed E-state index contributed by atoms with van der Waals surface area (Å²) in [6.07, 6.45) is 0. The summed E-state index contributed by atoms with van der Waals surface area (Å²) in [6, 6.07) is 9.86. The number of nitro benzene ring substituents is 1. The zero-order valence-corrected chi connectivity index (χ0v) is 10.7. The molecule has 0 spiro atoms. The lowest BCUT2D eigenvalue weighted by Gasteiger charge is -2.06. The molecule has 0 aromatic heterocycles. The van der Waals surface area contributed by atoms with E-state index in [0.717, 1.165) is 6.07 Å². The van der Waals surface area contributed by atoms with Gasteiger partial charge >= 0.3 is 15.8 Å². The van der Waals surface area contributed by atoms with Crippen molar-refractivity contribution in [3.05, 3.63) is 64.5 Å². The number of para-hydroxylation sites is 1. The minimum atomic E-state index is -4.26. The number of hydrogen-bond acceptors (Lipinski definition) is 5. The van der Waals surface area contributed by atoms with E-state index in [1.54, 1.807) is 18.2 Å². The third-order valence-electron chi connectivity index (χ3n) is 2.35. The molecule has 0 atom stereocenters. The SMILES string of the molecule is O=[N+]([O-])c1cc(S(=O)(=O)Oc2ccccc2)ccc1F. The van der Waals surface area contributed by atoms with Crippen LogP contribution in [0.3, 0.4) is 0 Å². The zero-order valence-electron chi connectivity index (χ0n) is 9.89. The summed E-state index contributed by atoms with van der Waals surface area (Å²) >= 11 is 0. The predicted molar refractivity (Wildman–Crippen MR) is 67.3 cm³/mol. The Balaban J connectivity index is 2.40. The smallest absolute Gasteiger partial charge is 0.339 e. The van der Waals surface area contributed by atoms with Crippen LogP contribution in [0.4, 0.5) is 10.1 Å². The van der Waals surface area contributed by atoms with E-state index in [9.17, 15) is 22.9 Å². The van der Waals surface area contributed by atoms with E-state index in [1.165, 1.54) is 12.1 Å². The molecule has 0 fully saturated rings. The van der Waals surface area contributed by atoms with Crippen LogP contribution in [0, 0.1) is 15.9 Å². The molecule has 2 aromatic rings. The fourth-order valence-electron chi connectivity index (χ4n) is 1.44. The van der Waals surface area contributed by atoms with Gasteiger partial charge in [-0.2, -0.15) is 12.8 Å². The highest BCUT2D eigenvalue weighted by atomic mass is 32.2. The van der Waals surface area contributed by atoms with Crippen molar-refractivity contribution in [1.82, 2.24) is 0 Å². The normalized spacial score (nSPS) is 11.1. The van der Waals surface area contributed by atoms with E-state index in [-0.39, 0.29) is 5.75 Å². The van der Waals surface area contributed by atoms with E-state index in [1.807, 2.05) is 0 Å². The molecular formula is C12H8FNO5S. The molecule has 2 aromatic carbocycles. The third-order valence-corrected chi connectivity index (χ3v) is 3.60. The van der Waals surface area contributed by atoms with Crippen molar-refractivity contribution < 1.29 is 21.9 Å². The van der Waals surface area contributed by atoms with Crippen LogP contribution in [0.25, 0.3) is 0 Å². The minimum absolute atomic E-state index is 0.0551. The molecule has 0 heterocycles. The summed E-state index contributed by atoms with van der Waals surface area (Å²) in [5.74, 6) is -1.06. The molecule has 8 heteroatoms. The Hall–Kier alpha value is -2.48. The van der Waals surface area contributed by atoms with Crippen molar-refractivity contribution in [1.29, 1.82) is 0 Å². The molecule has 0 amide bonds. The van der Waals surface area contributed by atoms with Gasteiger partial charge in [0.05, 0.1) is 4.92 Å². The summed E-state index contributed by atoms with van der Waals surface area (Å²) in [4.78, 5) is 9.09. The number of nitro groups is 1. The maximum Gasteiger partial charge on any atom is 0.339 e. The van der Waals surface area contributed by atoms with Gasteiger partial charge < -0.3 is 4.18 Å². The molecule has 104 valence electrons. The van der Waals surface area contributed by atoms with Crippen LogP contribution < -0.4 is 4.18 Å². The highest BCUT2D eigenvalue weighted by Gasteiger charge is 2.23. The summed E-state index contributed by atoms with van der Waals surface area (Å²) in [6.45, 7) is 0. The number of halogens is 1. The lowest BCUT2D eigenvalue weighted by Crippen LogP contribution is -2.10. The van der Waals surface area contributed by atoms with Crippen molar-refractivity contribution in [2.45, 2.75) is 4.90 Å². The Kier molecular flexibility index (Phi) is 3.66. The van der Waals surface area contributed by atoms with Gasteiger partial charge in [-0.25, -0.2) is 0 Å². The van der Waals surface area contributed by atoms with Crippen LogP contribution in [0.1, 0.15) is 0 Å². The van der Waals surface area contributed by atoms with E-state index < -0.39 is 31.4 Å². The summed E-state index contributed by atoms with van der Waals surface area (Å²) in [5.41, 5.74) is -0.928. The average molecular weight is 297 g/mol. The Bertz CT molecular complexity index is 746. The van der Waals surface area contributed by atoms with Crippen LogP contribution in [-0.4, -0.2) is 13.3 Å². The van der Waals surface area contributed by atoms with Crippen molar-refractivity contribution in [3.8, 4) is 5.75 Å². The monoisotopic (exact) mass is 297 g/mol. The first-order valence-electron chi connectivity index (χ1n) is 5.33. The van der Waals surface area contributed by atoms with Crippen molar-refractivity contribution in [2.24, 2.45) is 0 Å². The van der Waals surface area contributed by atoms with Crippen LogP contribution in [0.2, 0.25) is 0 Å². The molecule has 0 aliphatic rings. The number of rotatable bonds is 4. The first kappa shape index (κ1) is 13.9. The summed E-state index contributed by atoms with van der Waals surface area (Å²) in [7, 11) is -4.26. The molecular weight excluding hydrogens is 289 g/mol. The van der Waals surface area contributed by atoms with Gasteiger partial charge in [0.1, 0.15) is 10.6 Å². The maximum absolute atomic E-state index is 13.2. The molecule has 0 aliphatic carbocycles. The Morgan fingerprint density at radius 1 is 1.10 bits per heavy atom. The number of benzene rings is 2. The molecule has 2 rings (SSSR count). The molecule has 20 heavy (non-hydrogen) atoms. The fraction of sp³-hybridized carbons (Fsp3) is 0. The Morgan fingerprint density at radius 2 is 1.75 bits per heavy atom. The predicted octanol–water partition coefficient (Wildman–Crippen LogP) is 2.50. The fourth-order valence-corrected chi connectivity index (χ4v) is 2.39. The minimum Gasteiger partial charge on any atom is -0.379 e. The van der Waals surface area contributed by atoms with E-state index in [0.29, 0.717) is 12.1 Å². The first-order chi connectivity index (χ1) is 9.40. The number of hydrogen-bond donors (Lipinski definition) is 0. The lowest BCUT2D eigenvalue weighted by atomic mass is 10.3. The van der Waals surface area contributed by atoms with E-state index in [2.05, 4.69) is 0 Å². The van der Waals surface area contributed by atoms with Crippen LogP contribution in [0.5, 0.6) is 5.75 Å². The topological polar surface area (TPSA) is 86.5 Å². The molecule has 0 N–H and O–H groups in total. The Morgan fingerprint density at radius 3 is 2.35 bits per heavy atom. The maximum atomic E-state index is 13.2. The van der Waals surface area contributed by atoms with Gasteiger partial charge in [-0.1, -0.05) is 18.2 Å². The molecule has 0 unspecified atom stereocenters. The second-order valence-corrected chi connectivity index (χ2v) is 5.27. The zero-order chi connectivity index (χ0) is 14.8. The molecule has 0 radical (unpaired) electrons. The van der Waals surface area contributed by atoms with E-state index in [4.69, 9.17) is 4.18 Å². The van der Waals surface area contributed by atoms with Crippen molar-refractivity contribution in [3.63, 3.8) is 0 Å². The van der Waals surface area contributed by atoms with Gasteiger partial charge in [0, 0.05) is 6.07 Å². The van der Waals surface area contributed by atoms with Gasteiger partial charge in [0.2, 0.25) is 5.82 Å². The standard InChI is InChI=1S/C12H8FNO5S/c13-11-7-6-10(8-12(11)14(15)16)20(17,18)19-9-4-2-1-3-5-9/h1-8H. The van der Waals surface area contributed by atoms with E-state index >= 15 is 0 Å². The molecule has 6 nitrogen and oxygen atoms in total. The quantitative estimate of drug-likeness (QED) is 0.491. The molecule has 0 bridgehead atoms. The van der Waals surface area contributed by atoms with Gasteiger partial charge in [0.15, 0.2) is 0 Å². The highest BCUT2D eigenvalue weighted by Crippen LogP contribution is 2.24. The largest absolute Gasteiger partial charge is 0.379 e. The lowest BCUT2D eigenvalue weighted by molar-refractivity contribution is -0.387. The summed E-state index contributed by atoms with van der Waals surface area (Å²) in [5, 5.41) is 10.6. The molecule has 0 aliphatic heterocycles. The van der Waals surface area contributed by atoms with Crippen LogP contribution in [-0.2, 0) is 10.1 Å². The molecule has 0 saturated carbocycles. The number of nitrogens with zero attached hydrogens (tertiary/aromatic N) is 1. The van der Waals surface area contributed by atoms with Crippen molar-refractivity contribution in [2.75, 3.05) is 0 Å². The molecule has 0 saturated heterocycles.